The van der Waals surface area contributed by atoms with Crippen molar-refractivity contribution in [1.82, 2.24) is 0 Å². The van der Waals surface area contributed by atoms with Crippen molar-refractivity contribution in [3.63, 3.8) is 0 Å². The molecule has 6 bridgehead atoms. The molecule has 6 rings (SSSR count). The van der Waals surface area contributed by atoms with Gasteiger partial charge in [-0.05, 0) is 35.4 Å². The monoisotopic (exact) mass is 248 g/mol. The molecule has 90 valence electrons. The van der Waals surface area contributed by atoms with Gasteiger partial charge in [-0.15, -0.1) is 0 Å². The number of carbonyl (C=O) groups excluding carboxylic acids is 2. The normalized spacial score (nSPS) is 23.6. The van der Waals surface area contributed by atoms with E-state index in [1.54, 1.807) is 4.90 Å². The number of allylic oxidation sites excluding steroid dienone is 2. The molecule has 4 nitrogen and oxygen atoms in total. The maximum atomic E-state index is 12.9. The van der Waals surface area contributed by atoms with Crippen LogP contribution in [0.25, 0.3) is 0 Å². The van der Waals surface area contributed by atoms with Gasteiger partial charge in [0.1, 0.15) is 0 Å². The van der Waals surface area contributed by atoms with Crippen molar-refractivity contribution in [1.29, 1.82) is 0 Å². The Kier molecular flexibility index (Phi) is 1.25. The molecule has 5 aliphatic rings. The molecule has 3 aliphatic heterocycles. The first-order valence-electron chi connectivity index (χ1n) is 6.14. The van der Waals surface area contributed by atoms with E-state index in [0.717, 1.165) is 16.8 Å². The van der Waals surface area contributed by atoms with E-state index in [0.29, 0.717) is 5.69 Å². The van der Waals surface area contributed by atoms with Crippen LogP contribution in [0.1, 0.15) is 0 Å². The average Bonchev–Trinajstić information content (AvgIpc) is 2.97. The van der Waals surface area contributed by atoms with Crippen LogP contribution in [0.15, 0.2) is 59.7 Å². The second-order valence-electron chi connectivity index (χ2n) is 5.06. The molecule has 3 heterocycles. The number of rotatable bonds is 0. The van der Waals surface area contributed by atoms with Crippen LogP contribution >= 0.6 is 0 Å². The highest BCUT2D eigenvalue weighted by atomic mass is 16.2. The second-order valence-corrected chi connectivity index (χ2v) is 5.06. The molecule has 0 saturated carbocycles. The average molecular weight is 248 g/mol. The van der Waals surface area contributed by atoms with Gasteiger partial charge in [0, 0.05) is 5.69 Å². The Morgan fingerprint density at radius 1 is 0.842 bits per heavy atom. The molecule has 1 saturated heterocycles. The van der Waals surface area contributed by atoms with E-state index >= 15 is 0 Å². The molecule has 4 heteroatoms. The highest BCUT2D eigenvalue weighted by Crippen LogP contribution is 2.52. The molecule has 0 atom stereocenters. The van der Waals surface area contributed by atoms with E-state index in [2.05, 4.69) is 0 Å². The van der Waals surface area contributed by atoms with E-state index in [9.17, 15) is 9.59 Å². The van der Waals surface area contributed by atoms with Gasteiger partial charge in [-0.1, -0.05) is 24.3 Å². The number of amides is 3. The number of benzene rings is 1. The number of anilines is 2. The summed E-state index contributed by atoms with van der Waals surface area (Å²) in [6, 6.07) is 7.14. The highest BCUT2D eigenvalue weighted by molar-refractivity contribution is 6.35. The van der Waals surface area contributed by atoms with Crippen LogP contribution in [0, 0.1) is 0 Å². The van der Waals surface area contributed by atoms with Gasteiger partial charge in [0.05, 0.1) is 5.69 Å². The number of carbonyl (C=O) groups is 2. The summed E-state index contributed by atoms with van der Waals surface area (Å²) >= 11 is 0. The molecule has 0 unspecified atom stereocenters. The summed E-state index contributed by atoms with van der Waals surface area (Å²) in [6.07, 6.45) is 7.69. The third-order valence-corrected chi connectivity index (χ3v) is 4.32. The zero-order valence-corrected chi connectivity index (χ0v) is 9.83. The molecular formula is C15H8N2O2. The first kappa shape index (κ1) is 9.33. The van der Waals surface area contributed by atoms with Crippen molar-refractivity contribution in [2.75, 3.05) is 9.80 Å². The summed E-state index contributed by atoms with van der Waals surface area (Å²) in [6.45, 7) is 0. The largest absolute Gasteiger partial charge is 0.337 e. The molecule has 2 aliphatic carbocycles. The molecule has 0 aromatic heterocycles. The molecule has 1 aromatic carbocycles. The smallest absolute Gasteiger partial charge is 0.270 e. The van der Waals surface area contributed by atoms with Crippen LogP contribution in [0.5, 0.6) is 0 Å². The van der Waals surface area contributed by atoms with Crippen molar-refractivity contribution < 1.29 is 9.59 Å². The lowest BCUT2D eigenvalue weighted by Gasteiger charge is -2.32. The highest BCUT2D eigenvalue weighted by Gasteiger charge is 2.64. The molecule has 3 amide bonds. The minimum atomic E-state index is -0.937. The number of urea groups is 1. The first-order valence-corrected chi connectivity index (χ1v) is 6.14. The molecule has 0 radical (unpaired) electrons. The van der Waals surface area contributed by atoms with Crippen LogP contribution in [0.2, 0.25) is 0 Å². The Bertz CT molecular complexity index is 746. The van der Waals surface area contributed by atoms with Gasteiger partial charge < -0.3 is 0 Å². The fourth-order valence-electron chi connectivity index (χ4n) is 3.49. The lowest BCUT2D eigenvalue weighted by Crippen LogP contribution is -2.50. The molecule has 19 heavy (non-hydrogen) atoms. The SMILES string of the molecule is O=C1N2C(=O)C3(C4=CC=C3C=C4)N1c1ccc2cc1. The van der Waals surface area contributed by atoms with Crippen molar-refractivity contribution in [3.05, 3.63) is 59.7 Å². The summed E-state index contributed by atoms with van der Waals surface area (Å²) in [5, 5.41) is 0. The predicted molar refractivity (Wildman–Crippen MR) is 69.8 cm³/mol. The van der Waals surface area contributed by atoms with Gasteiger partial charge >= 0.3 is 6.03 Å². The predicted octanol–water partition coefficient (Wildman–Crippen LogP) is 2.15. The minimum absolute atomic E-state index is 0.168. The van der Waals surface area contributed by atoms with Gasteiger partial charge in [-0.25, -0.2) is 9.69 Å². The van der Waals surface area contributed by atoms with E-state index in [4.69, 9.17) is 0 Å². The summed E-state index contributed by atoms with van der Waals surface area (Å²) in [5.41, 5.74) is 2.24. The number of hydrogen-bond acceptors (Lipinski definition) is 2. The van der Waals surface area contributed by atoms with Crippen LogP contribution in [-0.2, 0) is 4.79 Å². The Morgan fingerprint density at radius 2 is 1.42 bits per heavy atom. The minimum Gasteiger partial charge on any atom is -0.270 e. The second kappa shape index (κ2) is 2.54. The number of hydrogen-bond donors (Lipinski definition) is 0. The number of imide groups is 1. The van der Waals surface area contributed by atoms with Crippen molar-refractivity contribution in [3.8, 4) is 0 Å². The Morgan fingerprint density at radius 3 is 2.00 bits per heavy atom. The standard InChI is InChI=1S/C15H8N2O2/c18-13-15(9-1-2-10(15)4-3-9)17-12-7-5-11(6-8-12)16(13)14(17)19/h1-8H. The van der Waals surface area contributed by atoms with E-state index < -0.39 is 5.54 Å². The summed E-state index contributed by atoms with van der Waals surface area (Å²) in [5.74, 6) is -0.168. The lowest BCUT2D eigenvalue weighted by molar-refractivity contribution is -0.119. The summed E-state index contributed by atoms with van der Waals surface area (Å²) in [4.78, 5) is 28.4. The van der Waals surface area contributed by atoms with Crippen LogP contribution < -0.4 is 9.80 Å². The molecule has 1 fully saturated rings. The lowest BCUT2D eigenvalue weighted by atomic mass is 9.88. The topological polar surface area (TPSA) is 40.6 Å². The van der Waals surface area contributed by atoms with Gasteiger partial charge in [0.15, 0.2) is 5.54 Å². The van der Waals surface area contributed by atoms with E-state index in [-0.39, 0.29) is 11.9 Å². The van der Waals surface area contributed by atoms with E-state index in [1.807, 2.05) is 48.6 Å². The van der Waals surface area contributed by atoms with Gasteiger partial charge in [0.25, 0.3) is 5.91 Å². The fraction of sp³-hybridized carbons (Fsp3) is 0.0667. The quantitative estimate of drug-likeness (QED) is 0.660. The summed E-state index contributed by atoms with van der Waals surface area (Å²) in [7, 11) is 0. The zero-order chi connectivity index (χ0) is 12.8. The number of nitrogens with zero attached hydrogens (tertiary/aromatic N) is 2. The number of fused-ring (bicyclic) bond motifs is 2. The van der Waals surface area contributed by atoms with Gasteiger partial charge in [0.2, 0.25) is 0 Å². The van der Waals surface area contributed by atoms with E-state index in [1.165, 1.54) is 4.90 Å². The van der Waals surface area contributed by atoms with Crippen molar-refractivity contribution in [2.45, 2.75) is 5.54 Å². The molecular weight excluding hydrogens is 240 g/mol. The molecule has 1 aromatic rings. The van der Waals surface area contributed by atoms with Crippen LogP contribution in [0.4, 0.5) is 16.2 Å². The van der Waals surface area contributed by atoms with Gasteiger partial charge in [-0.3, -0.25) is 9.69 Å². The van der Waals surface area contributed by atoms with Gasteiger partial charge in [-0.2, -0.15) is 0 Å². The Hall–Kier alpha value is -2.62. The third-order valence-electron chi connectivity index (χ3n) is 4.32. The van der Waals surface area contributed by atoms with Crippen LogP contribution in [-0.4, -0.2) is 17.5 Å². The Balaban J connectivity index is 1.91. The maximum Gasteiger partial charge on any atom is 0.337 e. The van der Waals surface area contributed by atoms with Crippen molar-refractivity contribution >= 4 is 23.3 Å². The Labute approximate surface area is 108 Å². The molecule has 1 spiro atoms. The zero-order valence-electron chi connectivity index (χ0n) is 9.83. The fourth-order valence-corrected chi connectivity index (χ4v) is 3.49. The molecule has 0 N–H and O–H groups in total. The van der Waals surface area contributed by atoms with Crippen molar-refractivity contribution in [2.24, 2.45) is 0 Å². The first-order chi connectivity index (χ1) is 9.24. The van der Waals surface area contributed by atoms with Crippen LogP contribution in [0.3, 0.4) is 0 Å². The summed E-state index contributed by atoms with van der Waals surface area (Å²) < 4.78 is 0. The maximum absolute atomic E-state index is 12.9. The third kappa shape index (κ3) is 0.731.